The molecule has 0 fully saturated rings. The topological polar surface area (TPSA) is 237 Å². The molecule has 0 saturated heterocycles. The molecular weight excluding hydrogens is 1330 g/mol. The van der Waals surface area contributed by atoms with Crippen LogP contribution < -0.4 is 0 Å². The summed E-state index contributed by atoms with van der Waals surface area (Å²) in [5, 5.41) is 10.6. The third kappa shape index (κ3) is 74.9. The van der Waals surface area contributed by atoms with E-state index in [0.29, 0.717) is 25.7 Å². The van der Waals surface area contributed by atoms with Crippen LogP contribution in [-0.4, -0.2) is 96.7 Å². The van der Waals surface area contributed by atoms with E-state index >= 15 is 0 Å². The highest BCUT2D eigenvalue weighted by Crippen LogP contribution is 2.45. The molecule has 102 heavy (non-hydrogen) atoms. The molecule has 0 heterocycles. The number of carbonyl (C=O) groups is 4. The Hall–Kier alpha value is -1.94. The SMILES string of the molecule is CCCCCCCC(=O)OC[C@H](COP(=O)(O)OC[C@H](O)COP(=O)(O)OC[C@@H](COC(=O)CCCCCCCCCCCCCCCCCCCCC(C)C)OC(=O)CCCCCCCCCCCCCCCCCCCCC(C)CC)OC(=O)CCCCCCCCCCCCCC(C)C. The van der Waals surface area contributed by atoms with Crippen molar-refractivity contribution in [3.63, 3.8) is 0 Å². The molecule has 3 N–H and O–H groups in total. The average Bonchev–Trinajstić information content (AvgIpc) is 1.01. The van der Waals surface area contributed by atoms with Crippen molar-refractivity contribution in [3.8, 4) is 0 Å². The second kappa shape index (κ2) is 73.2. The first kappa shape index (κ1) is 100. The van der Waals surface area contributed by atoms with Crippen molar-refractivity contribution < 1.29 is 80.2 Å². The van der Waals surface area contributed by atoms with E-state index < -0.39 is 97.5 Å². The Morgan fingerprint density at radius 3 is 0.745 bits per heavy atom. The van der Waals surface area contributed by atoms with E-state index in [1.54, 1.807) is 0 Å². The minimum atomic E-state index is -4.96. The van der Waals surface area contributed by atoms with Crippen LogP contribution in [-0.2, 0) is 65.4 Å². The summed E-state index contributed by atoms with van der Waals surface area (Å²) in [6, 6.07) is 0. The van der Waals surface area contributed by atoms with E-state index in [4.69, 9.17) is 37.0 Å². The minimum Gasteiger partial charge on any atom is -0.462 e. The predicted molar refractivity (Wildman–Crippen MR) is 418 cm³/mol. The molecule has 0 spiro atoms. The van der Waals surface area contributed by atoms with Gasteiger partial charge in [0, 0.05) is 25.7 Å². The van der Waals surface area contributed by atoms with Gasteiger partial charge in [-0.15, -0.1) is 0 Å². The number of unbranched alkanes of at least 4 members (excludes halogenated alkanes) is 48. The summed E-state index contributed by atoms with van der Waals surface area (Å²) in [7, 11) is -9.91. The van der Waals surface area contributed by atoms with Crippen molar-refractivity contribution in [1.29, 1.82) is 0 Å². The largest absolute Gasteiger partial charge is 0.472 e. The zero-order chi connectivity index (χ0) is 75.1. The van der Waals surface area contributed by atoms with Crippen LogP contribution in [0.3, 0.4) is 0 Å². The molecular formula is C83H162O17P2. The van der Waals surface area contributed by atoms with Crippen LogP contribution in [0.4, 0.5) is 0 Å². The minimum absolute atomic E-state index is 0.106. The Morgan fingerprint density at radius 2 is 0.500 bits per heavy atom. The fourth-order valence-corrected chi connectivity index (χ4v) is 14.4. The lowest BCUT2D eigenvalue weighted by Crippen LogP contribution is -2.30. The Balaban J connectivity index is 5.11. The van der Waals surface area contributed by atoms with Crippen molar-refractivity contribution in [3.05, 3.63) is 0 Å². The highest BCUT2D eigenvalue weighted by Gasteiger charge is 2.30. The molecule has 0 aromatic rings. The maximum absolute atomic E-state index is 13.1. The van der Waals surface area contributed by atoms with Gasteiger partial charge in [-0.2, -0.15) is 0 Å². The number of rotatable bonds is 81. The molecule has 19 heteroatoms. The van der Waals surface area contributed by atoms with Gasteiger partial charge in [-0.25, -0.2) is 9.13 Å². The number of aliphatic hydroxyl groups excluding tert-OH is 1. The zero-order valence-electron chi connectivity index (χ0n) is 67.1. The van der Waals surface area contributed by atoms with Crippen molar-refractivity contribution in [1.82, 2.24) is 0 Å². The molecule has 0 rings (SSSR count). The number of ether oxygens (including phenoxy) is 4. The normalized spacial score (nSPS) is 14.2. The third-order valence-electron chi connectivity index (χ3n) is 19.7. The van der Waals surface area contributed by atoms with Crippen LogP contribution in [0.2, 0.25) is 0 Å². The Morgan fingerprint density at radius 1 is 0.284 bits per heavy atom. The summed E-state index contributed by atoms with van der Waals surface area (Å²) in [6.45, 7) is 12.0. The third-order valence-corrected chi connectivity index (χ3v) is 21.6. The maximum atomic E-state index is 13.1. The van der Waals surface area contributed by atoms with Gasteiger partial charge in [-0.3, -0.25) is 37.3 Å². The molecule has 0 bridgehead atoms. The van der Waals surface area contributed by atoms with E-state index in [1.807, 2.05) is 0 Å². The van der Waals surface area contributed by atoms with Crippen molar-refractivity contribution in [2.75, 3.05) is 39.6 Å². The van der Waals surface area contributed by atoms with Gasteiger partial charge < -0.3 is 33.8 Å². The van der Waals surface area contributed by atoms with Gasteiger partial charge in [0.2, 0.25) is 0 Å². The molecule has 3 unspecified atom stereocenters. The van der Waals surface area contributed by atoms with Crippen LogP contribution in [0.25, 0.3) is 0 Å². The molecule has 0 aliphatic rings. The zero-order valence-corrected chi connectivity index (χ0v) is 68.9. The monoisotopic (exact) mass is 1490 g/mol. The first-order valence-electron chi connectivity index (χ1n) is 42.9. The molecule has 17 nitrogen and oxygen atoms in total. The first-order valence-corrected chi connectivity index (χ1v) is 45.9. The van der Waals surface area contributed by atoms with E-state index in [-0.39, 0.29) is 25.7 Å². The second-order valence-electron chi connectivity index (χ2n) is 31.1. The lowest BCUT2D eigenvalue weighted by Gasteiger charge is -2.21. The van der Waals surface area contributed by atoms with E-state index in [1.165, 1.54) is 238 Å². The molecule has 606 valence electrons. The van der Waals surface area contributed by atoms with Gasteiger partial charge in [-0.1, -0.05) is 382 Å². The van der Waals surface area contributed by atoms with Gasteiger partial charge in [0.15, 0.2) is 12.2 Å². The van der Waals surface area contributed by atoms with E-state index in [9.17, 15) is 43.2 Å². The van der Waals surface area contributed by atoms with Gasteiger partial charge in [0.05, 0.1) is 26.4 Å². The summed E-state index contributed by atoms with van der Waals surface area (Å²) in [5.41, 5.74) is 0. The number of carbonyl (C=O) groups excluding carboxylic acids is 4. The van der Waals surface area contributed by atoms with Crippen molar-refractivity contribution >= 4 is 39.5 Å². The molecule has 0 amide bonds. The number of aliphatic hydroxyl groups is 1. The fraction of sp³-hybridized carbons (Fsp3) is 0.952. The van der Waals surface area contributed by atoms with Gasteiger partial charge in [-0.05, 0) is 43.4 Å². The van der Waals surface area contributed by atoms with Crippen LogP contribution >= 0.6 is 15.6 Å². The molecule has 6 atom stereocenters. The highest BCUT2D eigenvalue weighted by atomic mass is 31.2. The van der Waals surface area contributed by atoms with E-state index in [2.05, 4.69) is 48.5 Å². The van der Waals surface area contributed by atoms with E-state index in [0.717, 1.165) is 114 Å². The van der Waals surface area contributed by atoms with Crippen LogP contribution in [0.5, 0.6) is 0 Å². The molecule has 0 aliphatic carbocycles. The van der Waals surface area contributed by atoms with Crippen LogP contribution in [0.1, 0.15) is 434 Å². The molecule has 0 aromatic heterocycles. The second-order valence-corrected chi connectivity index (χ2v) is 34.0. The molecule has 0 aliphatic heterocycles. The standard InChI is InChI=1S/C83H162O17P2/c1-8-10-11-47-57-64-80(85)93-70-78(99-82(87)67-60-53-46-40-34-28-30-36-42-49-55-62-75(5)6)72-97-101(89,90)95-68-77(84)69-96-102(91,92)98-73-79(71-94-81(86)65-58-51-44-38-32-26-22-18-14-12-16-20-24-29-35-41-48-54-61-74(3)4)100-83(88)66-59-52-45-39-33-27-23-19-15-13-17-21-25-31-37-43-50-56-63-76(7)9-2/h74-79,84H,8-73H2,1-7H3,(H,89,90)(H,91,92)/t76?,77-,78+,79+/m0/s1. The maximum Gasteiger partial charge on any atom is 0.472 e. The Bertz CT molecular complexity index is 1980. The average molecular weight is 1490 g/mol. The van der Waals surface area contributed by atoms with Crippen molar-refractivity contribution in [2.45, 2.75) is 452 Å². The van der Waals surface area contributed by atoms with Crippen LogP contribution in [0.15, 0.2) is 0 Å². The summed E-state index contributed by atoms with van der Waals surface area (Å²) in [5.74, 6) is 0.339. The Kier molecular flexibility index (Phi) is 71.8. The number of phosphoric acid groups is 2. The number of hydrogen-bond donors (Lipinski definition) is 3. The van der Waals surface area contributed by atoms with Gasteiger partial charge in [0.25, 0.3) is 0 Å². The highest BCUT2D eigenvalue weighted by molar-refractivity contribution is 7.47. The van der Waals surface area contributed by atoms with Crippen molar-refractivity contribution in [2.24, 2.45) is 17.8 Å². The number of phosphoric ester groups is 2. The summed E-state index contributed by atoms with van der Waals surface area (Å²) in [6.07, 6.45) is 63.0. The lowest BCUT2D eigenvalue weighted by molar-refractivity contribution is -0.161. The molecule has 0 aromatic carbocycles. The van der Waals surface area contributed by atoms with Crippen LogP contribution in [0, 0.1) is 17.8 Å². The van der Waals surface area contributed by atoms with Gasteiger partial charge >= 0.3 is 39.5 Å². The first-order chi connectivity index (χ1) is 49.3. The summed E-state index contributed by atoms with van der Waals surface area (Å²) < 4.78 is 68.5. The van der Waals surface area contributed by atoms with Gasteiger partial charge in [0.1, 0.15) is 19.3 Å². The molecule has 0 saturated carbocycles. The summed E-state index contributed by atoms with van der Waals surface area (Å²) >= 11 is 0. The smallest absolute Gasteiger partial charge is 0.462 e. The predicted octanol–water partition coefficient (Wildman–Crippen LogP) is 24.9. The number of esters is 4. The molecule has 0 radical (unpaired) electrons. The summed E-state index contributed by atoms with van der Waals surface area (Å²) in [4.78, 5) is 72.8. The lowest BCUT2D eigenvalue weighted by atomic mass is 9.99. The fourth-order valence-electron chi connectivity index (χ4n) is 12.8. The quantitative estimate of drug-likeness (QED) is 0.0222. The number of hydrogen-bond acceptors (Lipinski definition) is 15. The Labute approximate surface area is 626 Å².